The van der Waals surface area contributed by atoms with Gasteiger partial charge in [0.1, 0.15) is 17.0 Å². The predicted octanol–water partition coefficient (Wildman–Crippen LogP) is 4.28. The van der Waals surface area contributed by atoms with Crippen molar-refractivity contribution in [3.63, 3.8) is 0 Å². The van der Waals surface area contributed by atoms with Crippen LogP contribution >= 0.6 is 11.3 Å². The molecular weight excluding hydrogens is 384 g/mol. The summed E-state index contributed by atoms with van der Waals surface area (Å²) in [5.41, 5.74) is 2.26. The van der Waals surface area contributed by atoms with E-state index in [1.807, 2.05) is 6.07 Å². The van der Waals surface area contributed by atoms with Gasteiger partial charge in [0, 0.05) is 42.7 Å². The molecule has 6 nitrogen and oxygen atoms in total. The van der Waals surface area contributed by atoms with Crippen molar-refractivity contribution in [1.29, 1.82) is 0 Å². The molecule has 5 rings (SSSR count). The third kappa shape index (κ3) is 4.17. The molecule has 0 unspecified atom stereocenters. The van der Waals surface area contributed by atoms with Gasteiger partial charge in [0.05, 0.1) is 24.5 Å². The number of nitrogens with zero attached hydrogens (tertiary/aromatic N) is 4. The maximum absolute atomic E-state index is 6.01. The normalized spacial score (nSPS) is 18.8. The molecule has 0 saturated carbocycles. The van der Waals surface area contributed by atoms with Crippen LogP contribution in [0, 0.1) is 5.92 Å². The van der Waals surface area contributed by atoms with E-state index >= 15 is 0 Å². The lowest BCUT2D eigenvalue weighted by molar-refractivity contribution is 0.0753. The molecular formula is C22H28N4O2S. The Labute approximate surface area is 175 Å². The van der Waals surface area contributed by atoms with Crippen molar-refractivity contribution < 1.29 is 9.15 Å². The zero-order valence-electron chi connectivity index (χ0n) is 16.8. The maximum Gasteiger partial charge on any atom is 0.141 e. The van der Waals surface area contributed by atoms with Crippen molar-refractivity contribution in [2.45, 2.75) is 25.7 Å². The summed E-state index contributed by atoms with van der Waals surface area (Å²) in [5.74, 6) is 1.71. The number of hydrogen-bond donors (Lipinski definition) is 0. The third-order valence-corrected chi connectivity index (χ3v) is 7.09. The number of fused-ring (bicyclic) bond motifs is 1. The number of anilines is 1. The van der Waals surface area contributed by atoms with Crippen LogP contribution in [0.3, 0.4) is 0 Å². The highest BCUT2D eigenvalue weighted by Crippen LogP contribution is 2.38. The monoisotopic (exact) mass is 412 g/mol. The minimum absolute atomic E-state index is 0.651. The first kappa shape index (κ1) is 19.0. The first-order valence-electron chi connectivity index (χ1n) is 10.7. The number of piperidine rings is 1. The quantitative estimate of drug-likeness (QED) is 0.540. The van der Waals surface area contributed by atoms with Gasteiger partial charge < -0.3 is 19.0 Å². The van der Waals surface area contributed by atoms with Crippen LogP contribution in [-0.2, 0) is 4.74 Å². The van der Waals surface area contributed by atoms with Crippen molar-refractivity contribution >= 4 is 27.4 Å². The van der Waals surface area contributed by atoms with Crippen molar-refractivity contribution in [1.82, 2.24) is 14.9 Å². The largest absolute Gasteiger partial charge is 0.472 e. The maximum atomic E-state index is 6.01. The van der Waals surface area contributed by atoms with Crippen molar-refractivity contribution in [2.24, 2.45) is 5.92 Å². The topological polar surface area (TPSA) is 54.6 Å². The Balaban J connectivity index is 1.20. The standard InChI is InChI=1S/C22H28N4O2S/c1-2-7-25(6-1)10-12-28-13-17-3-8-26(9-4-17)21-20-19(18-5-11-27-14-18)15-29-22(20)24-16-23-21/h5,11,14-17H,1-4,6-10,12-13H2. The van der Waals surface area contributed by atoms with Gasteiger partial charge in [-0.3, -0.25) is 0 Å². The van der Waals surface area contributed by atoms with E-state index in [-0.39, 0.29) is 0 Å². The highest BCUT2D eigenvalue weighted by molar-refractivity contribution is 7.17. The predicted molar refractivity (Wildman–Crippen MR) is 117 cm³/mol. The number of rotatable bonds is 7. The van der Waals surface area contributed by atoms with Gasteiger partial charge in [-0.05, 0) is 50.8 Å². The Kier molecular flexibility index (Phi) is 5.78. The number of hydrogen-bond acceptors (Lipinski definition) is 7. The lowest BCUT2D eigenvalue weighted by Gasteiger charge is -2.33. The molecule has 5 heterocycles. The lowest BCUT2D eigenvalue weighted by Crippen LogP contribution is -2.36. The second-order valence-electron chi connectivity index (χ2n) is 8.09. The summed E-state index contributed by atoms with van der Waals surface area (Å²) in [6.07, 6.45) is 10.2. The highest BCUT2D eigenvalue weighted by atomic mass is 32.1. The fraction of sp³-hybridized carbons (Fsp3) is 0.545. The van der Waals surface area contributed by atoms with Crippen LogP contribution in [0.15, 0.2) is 34.7 Å². The average Bonchev–Trinajstić information content (AvgIpc) is 3.53. The molecule has 29 heavy (non-hydrogen) atoms. The first-order valence-corrected chi connectivity index (χ1v) is 11.6. The summed E-state index contributed by atoms with van der Waals surface area (Å²) >= 11 is 1.67. The molecule has 0 bridgehead atoms. The zero-order chi connectivity index (χ0) is 19.5. The Morgan fingerprint density at radius 2 is 2.00 bits per heavy atom. The molecule has 3 aromatic rings. The van der Waals surface area contributed by atoms with E-state index < -0.39 is 0 Å². The SMILES string of the molecule is c1nc(N2CCC(COCCN3CCCC3)CC2)c2c(-c3ccoc3)csc2n1. The number of thiophene rings is 1. The van der Waals surface area contributed by atoms with Crippen LogP contribution in [-0.4, -0.2) is 60.8 Å². The molecule has 0 aromatic carbocycles. The summed E-state index contributed by atoms with van der Waals surface area (Å²) in [7, 11) is 0. The number of furan rings is 1. The van der Waals surface area contributed by atoms with E-state index in [1.54, 1.807) is 30.2 Å². The van der Waals surface area contributed by atoms with Gasteiger partial charge in [0.15, 0.2) is 0 Å². The minimum atomic E-state index is 0.651. The molecule has 2 aliphatic rings. The molecule has 0 amide bonds. The first-order chi connectivity index (χ1) is 14.4. The van der Waals surface area contributed by atoms with Gasteiger partial charge >= 0.3 is 0 Å². The number of ether oxygens (including phenoxy) is 1. The van der Waals surface area contributed by atoms with Crippen LogP contribution in [0.1, 0.15) is 25.7 Å². The van der Waals surface area contributed by atoms with Gasteiger partial charge in [-0.1, -0.05) is 0 Å². The summed E-state index contributed by atoms with van der Waals surface area (Å²) < 4.78 is 11.3. The number of aromatic nitrogens is 2. The van der Waals surface area contributed by atoms with Gasteiger partial charge in [-0.25, -0.2) is 9.97 Å². The summed E-state index contributed by atoms with van der Waals surface area (Å²) in [4.78, 5) is 15.1. The molecule has 0 atom stereocenters. The molecule has 2 saturated heterocycles. The number of likely N-dealkylation sites (tertiary alicyclic amines) is 1. The molecule has 0 N–H and O–H groups in total. The Hall–Kier alpha value is -1.96. The second-order valence-corrected chi connectivity index (χ2v) is 8.95. The van der Waals surface area contributed by atoms with Crippen LogP contribution in [0.4, 0.5) is 5.82 Å². The molecule has 7 heteroatoms. The van der Waals surface area contributed by atoms with Crippen molar-refractivity contribution in [3.05, 3.63) is 30.3 Å². The molecule has 3 aromatic heterocycles. The third-order valence-electron chi connectivity index (χ3n) is 6.20. The van der Waals surface area contributed by atoms with E-state index in [0.717, 1.165) is 67.3 Å². The second kappa shape index (κ2) is 8.81. The molecule has 0 spiro atoms. The Morgan fingerprint density at radius 3 is 2.79 bits per heavy atom. The van der Waals surface area contributed by atoms with Crippen LogP contribution < -0.4 is 4.90 Å². The Bertz CT molecular complexity index is 912. The van der Waals surface area contributed by atoms with E-state index in [9.17, 15) is 0 Å². The van der Waals surface area contributed by atoms with E-state index in [4.69, 9.17) is 9.15 Å². The van der Waals surface area contributed by atoms with Gasteiger partial charge in [0.25, 0.3) is 0 Å². The highest BCUT2D eigenvalue weighted by Gasteiger charge is 2.24. The summed E-state index contributed by atoms with van der Waals surface area (Å²) in [6, 6.07) is 2.00. The van der Waals surface area contributed by atoms with Gasteiger partial charge in [-0.2, -0.15) is 0 Å². The van der Waals surface area contributed by atoms with Crippen LogP contribution in [0.2, 0.25) is 0 Å². The molecule has 2 aliphatic heterocycles. The van der Waals surface area contributed by atoms with Crippen molar-refractivity contribution in [3.8, 4) is 11.1 Å². The van der Waals surface area contributed by atoms with Crippen LogP contribution in [0.5, 0.6) is 0 Å². The van der Waals surface area contributed by atoms with Crippen LogP contribution in [0.25, 0.3) is 21.3 Å². The molecule has 2 fully saturated rings. The summed E-state index contributed by atoms with van der Waals surface area (Å²) in [6.45, 7) is 7.39. The average molecular weight is 413 g/mol. The lowest BCUT2D eigenvalue weighted by atomic mass is 9.97. The Morgan fingerprint density at radius 1 is 1.14 bits per heavy atom. The molecule has 0 aliphatic carbocycles. The van der Waals surface area contributed by atoms with E-state index in [2.05, 4.69) is 25.1 Å². The van der Waals surface area contributed by atoms with E-state index in [1.165, 1.54) is 31.5 Å². The minimum Gasteiger partial charge on any atom is -0.472 e. The van der Waals surface area contributed by atoms with Gasteiger partial charge in [-0.15, -0.1) is 11.3 Å². The van der Waals surface area contributed by atoms with E-state index in [0.29, 0.717) is 5.92 Å². The zero-order valence-corrected chi connectivity index (χ0v) is 17.6. The smallest absolute Gasteiger partial charge is 0.141 e. The van der Waals surface area contributed by atoms with Gasteiger partial charge in [0.2, 0.25) is 0 Å². The fourth-order valence-electron chi connectivity index (χ4n) is 4.49. The molecule has 154 valence electrons. The molecule has 0 radical (unpaired) electrons. The summed E-state index contributed by atoms with van der Waals surface area (Å²) in [5, 5.41) is 3.31. The fourth-order valence-corrected chi connectivity index (χ4v) is 5.40. The van der Waals surface area contributed by atoms with Crippen molar-refractivity contribution in [2.75, 3.05) is 50.8 Å².